The van der Waals surface area contributed by atoms with Gasteiger partial charge >= 0.3 is 0 Å². The Kier molecular flexibility index (Phi) is 3.28. The molecule has 1 aliphatic heterocycles. The zero-order valence-corrected chi connectivity index (χ0v) is 11.8. The number of anilines is 3. The van der Waals surface area contributed by atoms with Crippen molar-refractivity contribution in [3.05, 3.63) is 41.1 Å². The van der Waals surface area contributed by atoms with Crippen LogP contribution in [-0.2, 0) is 13.0 Å². The maximum Gasteiger partial charge on any atom is 0.222 e. The van der Waals surface area contributed by atoms with Gasteiger partial charge in [-0.1, -0.05) is 12.1 Å². The van der Waals surface area contributed by atoms with Crippen LogP contribution in [0.5, 0.6) is 0 Å². The lowest BCUT2D eigenvalue weighted by atomic mass is 10.1. The van der Waals surface area contributed by atoms with Gasteiger partial charge in [-0.2, -0.15) is 4.98 Å². The Hall–Kier alpha value is -2.14. The maximum absolute atomic E-state index is 5.86. The van der Waals surface area contributed by atoms with Gasteiger partial charge in [0.15, 0.2) is 0 Å². The van der Waals surface area contributed by atoms with Crippen molar-refractivity contribution in [2.75, 3.05) is 24.2 Å². The van der Waals surface area contributed by atoms with Crippen LogP contribution in [0.15, 0.2) is 24.3 Å². The normalized spacial score (nSPS) is 13.9. The van der Waals surface area contributed by atoms with E-state index >= 15 is 0 Å². The molecule has 0 saturated heterocycles. The Bertz CT molecular complexity index is 638. The smallest absolute Gasteiger partial charge is 0.222 e. The van der Waals surface area contributed by atoms with E-state index in [1.807, 2.05) is 7.05 Å². The first-order valence-electron chi connectivity index (χ1n) is 6.81. The molecule has 5 nitrogen and oxygen atoms in total. The lowest BCUT2D eigenvalue weighted by Crippen LogP contribution is -2.28. The van der Waals surface area contributed by atoms with E-state index in [4.69, 9.17) is 5.73 Å². The highest BCUT2D eigenvalue weighted by atomic mass is 15.2. The lowest BCUT2D eigenvalue weighted by molar-refractivity contribution is 0.627. The van der Waals surface area contributed by atoms with Crippen molar-refractivity contribution in [2.45, 2.75) is 19.9 Å². The summed E-state index contributed by atoms with van der Waals surface area (Å²) >= 11 is 0. The molecule has 0 fully saturated rings. The van der Waals surface area contributed by atoms with Gasteiger partial charge in [-0.05, 0) is 24.6 Å². The Morgan fingerprint density at radius 1 is 1.30 bits per heavy atom. The van der Waals surface area contributed by atoms with E-state index in [0.29, 0.717) is 5.95 Å². The minimum absolute atomic E-state index is 0.347. The van der Waals surface area contributed by atoms with Gasteiger partial charge < -0.3 is 16.0 Å². The quantitative estimate of drug-likeness (QED) is 0.870. The topological polar surface area (TPSA) is 67.1 Å². The van der Waals surface area contributed by atoms with Gasteiger partial charge in [0.25, 0.3) is 0 Å². The molecule has 1 aliphatic rings. The molecule has 3 N–H and O–H groups in total. The Balaban J connectivity index is 2.07. The van der Waals surface area contributed by atoms with Crippen LogP contribution < -0.4 is 16.0 Å². The van der Waals surface area contributed by atoms with Crippen LogP contribution in [0.4, 0.5) is 17.5 Å². The van der Waals surface area contributed by atoms with Crippen LogP contribution >= 0.6 is 0 Å². The lowest BCUT2D eigenvalue weighted by Gasteiger charge is -2.25. The maximum atomic E-state index is 5.86. The van der Waals surface area contributed by atoms with Gasteiger partial charge in [0, 0.05) is 37.8 Å². The molecule has 20 heavy (non-hydrogen) atoms. The third-order valence-electron chi connectivity index (χ3n) is 3.64. The molecular weight excluding hydrogens is 250 g/mol. The fraction of sp³-hybridized carbons (Fsp3) is 0.333. The number of nitrogens with one attached hydrogen (secondary N) is 1. The summed E-state index contributed by atoms with van der Waals surface area (Å²) in [6, 6.07) is 8.36. The van der Waals surface area contributed by atoms with Gasteiger partial charge in [0.05, 0.1) is 5.69 Å². The number of hydrogen-bond donors (Lipinski definition) is 2. The molecule has 104 valence electrons. The first-order chi connectivity index (χ1) is 9.65. The van der Waals surface area contributed by atoms with Crippen molar-refractivity contribution in [3.63, 3.8) is 0 Å². The number of nitrogens with two attached hydrogens (primary N) is 1. The summed E-state index contributed by atoms with van der Waals surface area (Å²) in [5.74, 6) is 1.24. The van der Waals surface area contributed by atoms with E-state index in [9.17, 15) is 0 Å². The second kappa shape index (κ2) is 5.09. The Morgan fingerprint density at radius 2 is 2.15 bits per heavy atom. The van der Waals surface area contributed by atoms with E-state index in [-0.39, 0.29) is 0 Å². The molecule has 1 aromatic heterocycles. The minimum atomic E-state index is 0.347. The van der Waals surface area contributed by atoms with Gasteiger partial charge in [-0.25, -0.2) is 4.98 Å². The third kappa shape index (κ3) is 2.32. The molecule has 5 heteroatoms. The first kappa shape index (κ1) is 12.9. The van der Waals surface area contributed by atoms with E-state index in [0.717, 1.165) is 42.3 Å². The number of nitrogens with zero attached hydrogens (tertiary/aromatic N) is 3. The molecule has 0 bridgehead atoms. The monoisotopic (exact) mass is 269 g/mol. The van der Waals surface area contributed by atoms with Crippen LogP contribution in [0.1, 0.15) is 16.8 Å². The van der Waals surface area contributed by atoms with Crippen molar-refractivity contribution >= 4 is 17.5 Å². The van der Waals surface area contributed by atoms with E-state index in [1.165, 1.54) is 5.56 Å². The molecule has 0 spiro atoms. The SMILES string of the molecule is Cc1cccc(N(C)c2nc(N)nc3c2CNCC3)c1. The summed E-state index contributed by atoms with van der Waals surface area (Å²) in [7, 11) is 2.02. The van der Waals surface area contributed by atoms with Crippen LogP contribution in [0.3, 0.4) is 0 Å². The van der Waals surface area contributed by atoms with Gasteiger partial charge in [-0.3, -0.25) is 0 Å². The fourth-order valence-corrected chi connectivity index (χ4v) is 2.58. The van der Waals surface area contributed by atoms with Crippen LogP contribution in [0, 0.1) is 6.92 Å². The molecule has 0 amide bonds. The van der Waals surface area contributed by atoms with Crippen LogP contribution in [-0.4, -0.2) is 23.6 Å². The van der Waals surface area contributed by atoms with Crippen LogP contribution in [0.2, 0.25) is 0 Å². The highest BCUT2D eigenvalue weighted by Crippen LogP contribution is 2.29. The van der Waals surface area contributed by atoms with E-state index < -0.39 is 0 Å². The third-order valence-corrected chi connectivity index (χ3v) is 3.64. The Labute approximate surface area is 118 Å². The minimum Gasteiger partial charge on any atom is -0.368 e. The summed E-state index contributed by atoms with van der Waals surface area (Å²) in [6.45, 7) is 3.82. The molecule has 2 aromatic rings. The predicted octanol–water partition coefficient (Wildman–Crippen LogP) is 1.78. The second-order valence-electron chi connectivity index (χ2n) is 5.16. The summed E-state index contributed by atoms with van der Waals surface area (Å²) in [5, 5.41) is 3.37. The zero-order chi connectivity index (χ0) is 14.1. The number of fused-ring (bicyclic) bond motifs is 1. The standard InChI is InChI=1S/C15H19N5/c1-10-4-3-5-11(8-10)20(2)14-12-9-17-7-6-13(12)18-15(16)19-14/h3-5,8,17H,6-7,9H2,1-2H3,(H2,16,18,19). The molecule has 0 atom stereocenters. The second-order valence-corrected chi connectivity index (χ2v) is 5.16. The largest absolute Gasteiger partial charge is 0.368 e. The number of hydrogen-bond acceptors (Lipinski definition) is 5. The molecular formula is C15H19N5. The molecule has 1 aromatic carbocycles. The molecule has 3 rings (SSSR count). The number of aromatic nitrogens is 2. The van der Waals surface area contributed by atoms with E-state index in [2.05, 4.69) is 51.4 Å². The molecule has 0 unspecified atom stereocenters. The van der Waals surface area contributed by atoms with Crippen molar-refractivity contribution < 1.29 is 0 Å². The summed E-state index contributed by atoms with van der Waals surface area (Å²) in [6.07, 6.45) is 0.900. The summed E-state index contributed by atoms with van der Waals surface area (Å²) in [4.78, 5) is 10.9. The fourth-order valence-electron chi connectivity index (χ4n) is 2.58. The van der Waals surface area contributed by atoms with E-state index in [1.54, 1.807) is 0 Å². The summed E-state index contributed by atoms with van der Waals surface area (Å²) < 4.78 is 0. The highest BCUT2D eigenvalue weighted by molar-refractivity contribution is 5.64. The zero-order valence-electron chi connectivity index (χ0n) is 11.8. The van der Waals surface area contributed by atoms with Crippen molar-refractivity contribution in [1.82, 2.24) is 15.3 Å². The van der Waals surface area contributed by atoms with Crippen molar-refractivity contribution in [3.8, 4) is 0 Å². The average Bonchev–Trinajstić information content (AvgIpc) is 2.45. The number of nitrogen functional groups attached to an aromatic ring is 1. The molecule has 0 radical (unpaired) electrons. The average molecular weight is 269 g/mol. The predicted molar refractivity (Wildman–Crippen MR) is 81.1 cm³/mol. The molecule has 0 saturated carbocycles. The van der Waals surface area contributed by atoms with Gasteiger partial charge in [0.2, 0.25) is 5.95 Å². The summed E-state index contributed by atoms with van der Waals surface area (Å²) in [5.41, 5.74) is 10.4. The first-order valence-corrected chi connectivity index (χ1v) is 6.81. The number of aryl methyl sites for hydroxylation is 1. The molecule has 0 aliphatic carbocycles. The van der Waals surface area contributed by atoms with Gasteiger partial charge in [-0.15, -0.1) is 0 Å². The van der Waals surface area contributed by atoms with Crippen LogP contribution in [0.25, 0.3) is 0 Å². The number of benzene rings is 1. The molecule has 2 heterocycles. The highest BCUT2D eigenvalue weighted by Gasteiger charge is 2.20. The van der Waals surface area contributed by atoms with Gasteiger partial charge in [0.1, 0.15) is 5.82 Å². The Morgan fingerprint density at radius 3 is 2.95 bits per heavy atom. The van der Waals surface area contributed by atoms with Crippen molar-refractivity contribution in [1.29, 1.82) is 0 Å². The van der Waals surface area contributed by atoms with Crippen molar-refractivity contribution in [2.24, 2.45) is 0 Å². The number of rotatable bonds is 2.